The number of methoxy groups -OCH3 is 1. The van der Waals surface area contributed by atoms with E-state index in [0.29, 0.717) is 35.0 Å². The standard InChI is InChI=1S/C26H22O5/c1-16-4-6-18(7-5-16)13-23-25(27)24-17(2)12-21(14-22(24)31-23)30-15-19-8-10-20(11-9-19)26(28)29-3/h4-14H,15H2,1-3H3/b23-13-. The predicted molar refractivity (Wildman–Crippen MR) is 117 cm³/mol. The van der Waals surface area contributed by atoms with Crippen molar-refractivity contribution in [3.63, 3.8) is 0 Å². The third-order valence-corrected chi connectivity index (χ3v) is 5.10. The summed E-state index contributed by atoms with van der Waals surface area (Å²) >= 11 is 0. The Morgan fingerprint density at radius 2 is 1.71 bits per heavy atom. The number of ether oxygens (including phenoxy) is 3. The first kappa shape index (κ1) is 20.4. The largest absolute Gasteiger partial charge is 0.489 e. The van der Waals surface area contributed by atoms with Crippen molar-refractivity contribution >= 4 is 17.8 Å². The first-order chi connectivity index (χ1) is 14.9. The molecule has 0 fully saturated rings. The number of hydrogen-bond donors (Lipinski definition) is 0. The van der Waals surface area contributed by atoms with E-state index in [4.69, 9.17) is 14.2 Å². The van der Waals surface area contributed by atoms with Crippen molar-refractivity contribution in [2.24, 2.45) is 0 Å². The number of allylic oxidation sites excluding steroid dienone is 1. The Morgan fingerprint density at radius 3 is 2.39 bits per heavy atom. The number of hydrogen-bond acceptors (Lipinski definition) is 5. The molecule has 0 saturated heterocycles. The molecule has 0 N–H and O–H groups in total. The van der Waals surface area contributed by atoms with Gasteiger partial charge in [0.1, 0.15) is 18.1 Å². The summed E-state index contributed by atoms with van der Waals surface area (Å²) in [6.07, 6.45) is 1.75. The quantitative estimate of drug-likeness (QED) is 0.420. The number of aryl methyl sites for hydroxylation is 2. The van der Waals surface area contributed by atoms with E-state index in [9.17, 15) is 9.59 Å². The molecule has 0 spiro atoms. The maximum atomic E-state index is 12.8. The van der Waals surface area contributed by atoms with Gasteiger partial charge < -0.3 is 14.2 Å². The molecule has 1 aliphatic rings. The van der Waals surface area contributed by atoms with Crippen LogP contribution in [0.2, 0.25) is 0 Å². The number of fused-ring (bicyclic) bond motifs is 1. The number of ketones is 1. The Hall–Kier alpha value is -3.86. The van der Waals surface area contributed by atoms with E-state index < -0.39 is 0 Å². The zero-order valence-electron chi connectivity index (χ0n) is 17.6. The summed E-state index contributed by atoms with van der Waals surface area (Å²) in [6, 6.07) is 18.5. The molecule has 0 amide bonds. The summed E-state index contributed by atoms with van der Waals surface area (Å²) < 4.78 is 16.5. The number of esters is 1. The first-order valence-corrected chi connectivity index (χ1v) is 9.90. The van der Waals surface area contributed by atoms with Gasteiger partial charge in [-0.3, -0.25) is 4.79 Å². The lowest BCUT2D eigenvalue weighted by Gasteiger charge is -2.09. The van der Waals surface area contributed by atoms with E-state index in [1.54, 1.807) is 24.3 Å². The van der Waals surface area contributed by atoms with Crippen LogP contribution in [-0.2, 0) is 11.3 Å². The molecule has 1 heterocycles. The topological polar surface area (TPSA) is 61.8 Å². The molecule has 0 aromatic heterocycles. The zero-order chi connectivity index (χ0) is 22.0. The van der Waals surface area contributed by atoms with Crippen LogP contribution in [0.25, 0.3) is 6.08 Å². The molecule has 5 heteroatoms. The molecule has 0 bridgehead atoms. The summed E-state index contributed by atoms with van der Waals surface area (Å²) in [5.74, 6) is 0.908. The van der Waals surface area contributed by atoms with Gasteiger partial charge in [-0.15, -0.1) is 0 Å². The van der Waals surface area contributed by atoms with E-state index >= 15 is 0 Å². The predicted octanol–water partition coefficient (Wildman–Crippen LogP) is 5.29. The van der Waals surface area contributed by atoms with Gasteiger partial charge in [0.25, 0.3) is 0 Å². The summed E-state index contributed by atoms with van der Waals surface area (Å²) in [7, 11) is 1.35. The van der Waals surface area contributed by atoms with Crippen LogP contribution in [0.3, 0.4) is 0 Å². The summed E-state index contributed by atoms with van der Waals surface area (Å²) in [5, 5.41) is 0. The number of carbonyl (C=O) groups is 2. The average molecular weight is 414 g/mol. The van der Waals surface area contributed by atoms with E-state index in [1.807, 2.05) is 56.3 Å². The van der Waals surface area contributed by atoms with Crippen molar-refractivity contribution in [2.45, 2.75) is 20.5 Å². The highest BCUT2D eigenvalue weighted by Gasteiger charge is 2.30. The second-order valence-corrected chi connectivity index (χ2v) is 7.44. The van der Waals surface area contributed by atoms with Crippen LogP contribution in [0.15, 0.2) is 66.4 Å². The molecule has 4 rings (SSSR count). The molecule has 5 nitrogen and oxygen atoms in total. The Morgan fingerprint density at radius 1 is 1.00 bits per heavy atom. The van der Waals surface area contributed by atoms with Crippen LogP contribution in [-0.4, -0.2) is 18.9 Å². The van der Waals surface area contributed by atoms with Crippen molar-refractivity contribution in [2.75, 3.05) is 7.11 Å². The molecule has 0 unspecified atom stereocenters. The fourth-order valence-electron chi connectivity index (χ4n) is 3.40. The molecule has 156 valence electrons. The Labute approximate surface area is 180 Å². The highest BCUT2D eigenvalue weighted by atomic mass is 16.5. The van der Waals surface area contributed by atoms with Crippen molar-refractivity contribution in [3.05, 3.63) is 99.8 Å². The minimum absolute atomic E-state index is 0.127. The summed E-state index contributed by atoms with van der Waals surface area (Å²) in [5.41, 5.74) is 4.81. The molecule has 31 heavy (non-hydrogen) atoms. The molecule has 3 aromatic carbocycles. The maximum absolute atomic E-state index is 12.8. The Balaban J connectivity index is 1.50. The van der Waals surface area contributed by atoms with Crippen LogP contribution in [0, 0.1) is 13.8 Å². The van der Waals surface area contributed by atoms with Crippen LogP contribution in [0.1, 0.15) is 43.0 Å². The molecule has 3 aromatic rings. The summed E-state index contributed by atoms with van der Waals surface area (Å²) in [6.45, 7) is 4.20. The molecular formula is C26H22O5. The van der Waals surface area contributed by atoms with E-state index in [0.717, 1.165) is 22.3 Å². The Bertz CT molecular complexity index is 1170. The monoisotopic (exact) mass is 414 g/mol. The van der Waals surface area contributed by atoms with Gasteiger partial charge in [0.15, 0.2) is 5.76 Å². The van der Waals surface area contributed by atoms with Gasteiger partial charge >= 0.3 is 5.97 Å². The minimum atomic E-state index is -0.377. The van der Waals surface area contributed by atoms with Crippen LogP contribution >= 0.6 is 0 Å². The lowest BCUT2D eigenvalue weighted by molar-refractivity contribution is 0.0600. The maximum Gasteiger partial charge on any atom is 0.337 e. The molecule has 1 aliphatic heterocycles. The average Bonchev–Trinajstić information content (AvgIpc) is 3.09. The highest BCUT2D eigenvalue weighted by Crippen LogP contribution is 2.37. The van der Waals surface area contributed by atoms with Gasteiger partial charge in [0.2, 0.25) is 5.78 Å². The Kier molecular flexibility index (Phi) is 5.58. The second-order valence-electron chi connectivity index (χ2n) is 7.44. The van der Waals surface area contributed by atoms with E-state index in [1.165, 1.54) is 7.11 Å². The van der Waals surface area contributed by atoms with Crippen molar-refractivity contribution in [1.82, 2.24) is 0 Å². The third kappa shape index (κ3) is 4.36. The van der Waals surface area contributed by atoms with Crippen LogP contribution in [0.5, 0.6) is 11.5 Å². The van der Waals surface area contributed by atoms with Crippen LogP contribution < -0.4 is 9.47 Å². The van der Waals surface area contributed by atoms with Crippen molar-refractivity contribution in [1.29, 1.82) is 0 Å². The highest BCUT2D eigenvalue weighted by molar-refractivity contribution is 6.15. The fraction of sp³-hybridized carbons (Fsp3) is 0.154. The minimum Gasteiger partial charge on any atom is -0.489 e. The van der Waals surface area contributed by atoms with Crippen LogP contribution in [0.4, 0.5) is 0 Å². The van der Waals surface area contributed by atoms with Gasteiger partial charge in [-0.05, 0) is 54.8 Å². The number of rotatable bonds is 5. The second kappa shape index (κ2) is 8.48. The molecule has 0 radical (unpaired) electrons. The smallest absolute Gasteiger partial charge is 0.337 e. The number of carbonyl (C=O) groups excluding carboxylic acids is 2. The zero-order valence-corrected chi connectivity index (χ0v) is 17.6. The SMILES string of the molecule is COC(=O)c1ccc(COc2cc(C)c3c(c2)O/C(=C\c2ccc(C)cc2)C3=O)cc1. The fourth-order valence-corrected chi connectivity index (χ4v) is 3.40. The van der Waals surface area contributed by atoms with Gasteiger partial charge in [-0.2, -0.15) is 0 Å². The normalized spacial score (nSPS) is 13.6. The lowest BCUT2D eigenvalue weighted by Crippen LogP contribution is -2.02. The molecular weight excluding hydrogens is 392 g/mol. The van der Waals surface area contributed by atoms with Crippen molar-refractivity contribution < 1.29 is 23.8 Å². The molecule has 0 atom stereocenters. The van der Waals surface area contributed by atoms with Gasteiger partial charge in [0.05, 0.1) is 18.2 Å². The molecule has 0 aliphatic carbocycles. The van der Waals surface area contributed by atoms with E-state index in [2.05, 4.69) is 0 Å². The van der Waals surface area contributed by atoms with E-state index in [-0.39, 0.29) is 11.8 Å². The van der Waals surface area contributed by atoms with Gasteiger partial charge in [-0.1, -0.05) is 42.0 Å². The first-order valence-electron chi connectivity index (χ1n) is 9.90. The van der Waals surface area contributed by atoms with Gasteiger partial charge in [-0.25, -0.2) is 4.79 Å². The van der Waals surface area contributed by atoms with Gasteiger partial charge in [0, 0.05) is 6.07 Å². The number of Topliss-reactive ketones (excluding diaryl/α,β-unsaturated/α-hetero) is 1. The third-order valence-electron chi connectivity index (χ3n) is 5.10. The number of benzene rings is 3. The summed E-state index contributed by atoms with van der Waals surface area (Å²) in [4.78, 5) is 24.4. The molecule has 0 saturated carbocycles. The van der Waals surface area contributed by atoms with Crippen molar-refractivity contribution in [3.8, 4) is 11.5 Å². The lowest BCUT2D eigenvalue weighted by atomic mass is 10.0.